The minimum absolute atomic E-state index is 0.0553. The minimum Gasteiger partial charge on any atom is -0.325 e. The fourth-order valence-electron chi connectivity index (χ4n) is 2.76. The van der Waals surface area contributed by atoms with Gasteiger partial charge >= 0.3 is 0 Å². The van der Waals surface area contributed by atoms with Crippen molar-refractivity contribution in [2.45, 2.75) is 13.3 Å². The van der Waals surface area contributed by atoms with Crippen molar-refractivity contribution in [2.75, 3.05) is 16.8 Å². The zero-order valence-electron chi connectivity index (χ0n) is 13.1. The average molecular weight is 347 g/mol. The van der Waals surface area contributed by atoms with Crippen molar-refractivity contribution in [1.29, 1.82) is 0 Å². The molecular weight excluding hydrogens is 331 g/mol. The molecule has 0 unspecified atom stereocenters. The molecule has 6 heteroatoms. The summed E-state index contributed by atoms with van der Waals surface area (Å²) in [6.45, 7) is 1.97. The zero-order valence-corrected chi connectivity index (χ0v) is 13.8. The van der Waals surface area contributed by atoms with Crippen LogP contribution in [0.3, 0.4) is 0 Å². The first-order chi connectivity index (χ1) is 11.5. The molecule has 1 fully saturated rings. The Balaban J connectivity index is 1.75. The Morgan fingerprint density at radius 3 is 2.75 bits per heavy atom. The van der Waals surface area contributed by atoms with Crippen molar-refractivity contribution in [1.82, 2.24) is 0 Å². The second-order valence-electron chi connectivity index (χ2n) is 5.76. The average Bonchev–Trinajstić information content (AvgIpc) is 2.94. The topological polar surface area (TPSA) is 49.4 Å². The molecule has 1 saturated heterocycles. The van der Waals surface area contributed by atoms with Crippen LogP contribution in [-0.2, 0) is 9.59 Å². The predicted molar refractivity (Wildman–Crippen MR) is 91.7 cm³/mol. The van der Waals surface area contributed by atoms with E-state index in [1.807, 2.05) is 6.92 Å². The van der Waals surface area contributed by atoms with Crippen LogP contribution < -0.4 is 10.2 Å². The maximum Gasteiger partial charge on any atom is 0.229 e. The van der Waals surface area contributed by atoms with Gasteiger partial charge in [0.1, 0.15) is 5.82 Å². The second kappa shape index (κ2) is 6.61. The molecule has 4 nitrogen and oxygen atoms in total. The zero-order chi connectivity index (χ0) is 17.3. The monoisotopic (exact) mass is 346 g/mol. The van der Waals surface area contributed by atoms with E-state index < -0.39 is 11.7 Å². The fourth-order valence-corrected chi connectivity index (χ4v) is 2.94. The van der Waals surface area contributed by atoms with Crippen LogP contribution in [-0.4, -0.2) is 18.4 Å². The minimum atomic E-state index is -0.532. The van der Waals surface area contributed by atoms with Crippen LogP contribution in [0.4, 0.5) is 15.8 Å². The summed E-state index contributed by atoms with van der Waals surface area (Å²) < 4.78 is 13.9. The first-order valence-corrected chi connectivity index (χ1v) is 7.96. The highest BCUT2D eigenvalue weighted by Crippen LogP contribution is 2.29. The number of benzene rings is 2. The number of carbonyl (C=O) groups is 2. The molecule has 124 valence electrons. The molecule has 0 aliphatic carbocycles. The van der Waals surface area contributed by atoms with Crippen molar-refractivity contribution in [2.24, 2.45) is 5.92 Å². The lowest BCUT2D eigenvalue weighted by molar-refractivity contribution is -0.122. The summed E-state index contributed by atoms with van der Waals surface area (Å²) in [6.07, 6.45) is 0.0553. The van der Waals surface area contributed by atoms with Crippen LogP contribution in [0.2, 0.25) is 5.02 Å². The molecule has 0 spiro atoms. The molecule has 1 N–H and O–H groups in total. The maximum absolute atomic E-state index is 13.9. The summed E-state index contributed by atoms with van der Waals surface area (Å²) in [7, 11) is 0. The van der Waals surface area contributed by atoms with E-state index in [2.05, 4.69) is 5.32 Å². The second-order valence-corrected chi connectivity index (χ2v) is 6.17. The molecule has 2 aromatic rings. The highest BCUT2D eigenvalue weighted by Gasteiger charge is 2.36. The number of rotatable bonds is 3. The van der Waals surface area contributed by atoms with Gasteiger partial charge in [-0.25, -0.2) is 4.39 Å². The van der Waals surface area contributed by atoms with Crippen LogP contribution in [0.15, 0.2) is 42.5 Å². The van der Waals surface area contributed by atoms with E-state index >= 15 is 0 Å². The van der Waals surface area contributed by atoms with Gasteiger partial charge in [0.2, 0.25) is 11.8 Å². The van der Waals surface area contributed by atoms with E-state index in [4.69, 9.17) is 11.6 Å². The number of nitrogens with zero attached hydrogens (tertiary/aromatic N) is 1. The van der Waals surface area contributed by atoms with Crippen LogP contribution >= 0.6 is 11.6 Å². The van der Waals surface area contributed by atoms with Gasteiger partial charge in [-0.2, -0.15) is 0 Å². The van der Waals surface area contributed by atoms with Gasteiger partial charge in [-0.1, -0.05) is 29.8 Å². The highest BCUT2D eigenvalue weighted by atomic mass is 35.5. The third kappa shape index (κ3) is 3.12. The lowest BCUT2D eigenvalue weighted by atomic mass is 10.1. The van der Waals surface area contributed by atoms with Gasteiger partial charge < -0.3 is 10.2 Å². The molecule has 3 rings (SSSR count). The summed E-state index contributed by atoms with van der Waals surface area (Å²) in [4.78, 5) is 26.0. The van der Waals surface area contributed by atoms with Gasteiger partial charge in [0.15, 0.2) is 0 Å². The maximum atomic E-state index is 13.9. The van der Waals surface area contributed by atoms with Gasteiger partial charge in [0.25, 0.3) is 0 Å². The van der Waals surface area contributed by atoms with Gasteiger partial charge in [-0.05, 0) is 36.8 Å². The highest BCUT2D eigenvalue weighted by molar-refractivity contribution is 6.31. The van der Waals surface area contributed by atoms with E-state index in [9.17, 15) is 14.0 Å². The van der Waals surface area contributed by atoms with E-state index in [0.717, 1.165) is 5.56 Å². The molecule has 1 heterocycles. The molecule has 0 saturated carbocycles. The third-order valence-electron chi connectivity index (χ3n) is 4.16. The van der Waals surface area contributed by atoms with Crippen molar-refractivity contribution in [3.05, 3.63) is 58.9 Å². The number of anilines is 2. The largest absolute Gasteiger partial charge is 0.325 e. The standard InChI is InChI=1S/C18H16ClFN2O2/c1-11-13(19)5-4-7-15(11)21-18(24)12-9-17(23)22(10-12)16-8-3-2-6-14(16)20/h2-8,12H,9-10H2,1H3,(H,21,24)/t12-/m0/s1. The molecule has 0 radical (unpaired) electrons. The summed E-state index contributed by atoms with van der Waals surface area (Å²) in [5, 5.41) is 3.36. The van der Waals surface area contributed by atoms with Crippen molar-refractivity contribution < 1.29 is 14.0 Å². The SMILES string of the molecule is Cc1c(Cl)cccc1NC(=O)[C@H]1CC(=O)N(c2ccccc2F)C1. The number of nitrogens with one attached hydrogen (secondary N) is 1. The number of halogens is 2. The molecule has 1 aliphatic heterocycles. The Labute approximate surface area is 144 Å². The van der Waals surface area contributed by atoms with Crippen molar-refractivity contribution in [3.8, 4) is 0 Å². The number of para-hydroxylation sites is 1. The summed E-state index contributed by atoms with van der Waals surface area (Å²) >= 11 is 6.05. The van der Waals surface area contributed by atoms with Gasteiger partial charge in [0.05, 0.1) is 11.6 Å². The van der Waals surface area contributed by atoms with E-state index in [1.54, 1.807) is 30.3 Å². The van der Waals surface area contributed by atoms with E-state index in [-0.39, 0.29) is 30.5 Å². The fraction of sp³-hybridized carbons (Fsp3) is 0.222. The Kier molecular flexibility index (Phi) is 4.53. The number of hydrogen-bond acceptors (Lipinski definition) is 2. The smallest absolute Gasteiger partial charge is 0.229 e. The summed E-state index contributed by atoms with van der Waals surface area (Å²) in [5.41, 5.74) is 1.59. The Morgan fingerprint density at radius 2 is 2.00 bits per heavy atom. The first kappa shape index (κ1) is 16.5. The molecule has 0 aromatic heterocycles. The van der Waals surface area contributed by atoms with Gasteiger partial charge in [0, 0.05) is 23.7 Å². The third-order valence-corrected chi connectivity index (χ3v) is 4.57. The Morgan fingerprint density at radius 1 is 1.25 bits per heavy atom. The predicted octanol–water partition coefficient (Wildman–Crippen LogP) is 3.78. The van der Waals surface area contributed by atoms with Crippen LogP contribution in [0.5, 0.6) is 0 Å². The molecule has 1 aliphatic rings. The lowest BCUT2D eigenvalue weighted by Crippen LogP contribution is -2.28. The lowest BCUT2D eigenvalue weighted by Gasteiger charge is -2.17. The number of hydrogen-bond donors (Lipinski definition) is 1. The molecule has 2 aromatic carbocycles. The number of carbonyl (C=O) groups excluding carboxylic acids is 2. The number of amides is 2. The van der Waals surface area contributed by atoms with Crippen molar-refractivity contribution in [3.63, 3.8) is 0 Å². The Hall–Kier alpha value is -2.40. The van der Waals surface area contributed by atoms with Gasteiger partial charge in [-0.15, -0.1) is 0 Å². The molecule has 24 heavy (non-hydrogen) atoms. The first-order valence-electron chi connectivity index (χ1n) is 7.58. The van der Waals surface area contributed by atoms with E-state index in [0.29, 0.717) is 10.7 Å². The Bertz CT molecular complexity index is 809. The quantitative estimate of drug-likeness (QED) is 0.919. The van der Waals surface area contributed by atoms with Crippen LogP contribution in [0.1, 0.15) is 12.0 Å². The molecule has 0 bridgehead atoms. The van der Waals surface area contributed by atoms with E-state index in [1.165, 1.54) is 17.0 Å². The van der Waals surface area contributed by atoms with Crippen LogP contribution in [0, 0.1) is 18.7 Å². The molecule has 2 amide bonds. The molecular formula is C18H16ClFN2O2. The normalized spacial score (nSPS) is 17.2. The van der Waals surface area contributed by atoms with Crippen LogP contribution in [0.25, 0.3) is 0 Å². The molecule has 1 atom stereocenters. The van der Waals surface area contributed by atoms with Gasteiger partial charge in [-0.3, -0.25) is 9.59 Å². The van der Waals surface area contributed by atoms with Crippen molar-refractivity contribution >= 4 is 34.8 Å². The summed E-state index contributed by atoms with van der Waals surface area (Å²) in [5.74, 6) is -1.54. The summed E-state index contributed by atoms with van der Waals surface area (Å²) in [6, 6.07) is 11.3.